The van der Waals surface area contributed by atoms with Gasteiger partial charge >= 0.3 is 5.97 Å². The van der Waals surface area contributed by atoms with Gasteiger partial charge in [-0.3, -0.25) is 0 Å². The van der Waals surface area contributed by atoms with E-state index in [4.69, 9.17) is 9.47 Å². The number of hydrogen-bond acceptors (Lipinski definition) is 9. The van der Waals surface area contributed by atoms with Gasteiger partial charge in [0, 0.05) is 43.3 Å². The molecule has 0 aromatic carbocycles. The van der Waals surface area contributed by atoms with Gasteiger partial charge in [-0.1, -0.05) is 41.3 Å². The molecule has 0 amide bonds. The van der Waals surface area contributed by atoms with Gasteiger partial charge in [-0.05, 0) is 19.4 Å². The zero-order chi connectivity index (χ0) is 21.4. The van der Waals surface area contributed by atoms with Gasteiger partial charge in [-0.2, -0.15) is 0 Å². The van der Waals surface area contributed by atoms with Crippen LogP contribution in [-0.2, 0) is 14.3 Å². The van der Waals surface area contributed by atoms with Crippen molar-refractivity contribution < 1.29 is 24.5 Å². The van der Waals surface area contributed by atoms with E-state index in [2.05, 4.69) is 30.4 Å². The van der Waals surface area contributed by atoms with Crippen molar-refractivity contribution in [3.8, 4) is 0 Å². The van der Waals surface area contributed by atoms with E-state index in [1.807, 2.05) is 0 Å². The Morgan fingerprint density at radius 1 is 0.893 bits per heavy atom. The Morgan fingerprint density at radius 3 is 1.79 bits per heavy atom. The lowest BCUT2D eigenvalue weighted by atomic mass is 10.3. The molecule has 0 aromatic rings. The minimum absolute atomic E-state index is 0.0372. The van der Waals surface area contributed by atoms with Gasteiger partial charge < -0.3 is 30.3 Å². The molecule has 7 nitrogen and oxygen atoms in total. The van der Waals surface area contributed by atoms with Gasteiger partial charge in [-0.15, -0.1) is 0 Å². The molecular weight excluding hydrogens is 400 g/mol. The van der Waals surface area contributed by atoms with E-state index in [9.17, 15) is 15.0 Å². The number of ether oxygens (including phenoxy) is 2. The molecule has 4 N–H and O–H groups in total. The van der Waals surface area contributed by atoms with E-state index in [0.717, 1.165) is 30.2 Å². The quantitative estimate of drug-likeness (QED) is 0.0638. The number of aliphatic hydroxyl groups excluding tert-OH is 2. The highest BCUT2D eigenvalue weighted by atomic mass is 33.1. The molecule has 0 bridgehead atoms. The van der Waals surface area contributed by atoms with Crippen LogP contribution in [0.1, 0.15) is 13.8 Å². The normalized spacial score (nSPS) is 12.9. The van der Waals surface area contributed by atoms with Gasteiger partial charge in [0.15, 0.2) is 0 Å². The van der Waals surface area contributed by atoms with Gasteiger partial charge in [0.05, 0.1) is 0 Å². The number of rotatable bonds is 18. The summed E-state index contributed by atoms with van der Waals surface area (Å²) in [7, 11) is 3.47. The first-order valence-corrected chi connectivity index (χ1v) is 11.5. The van der Waals surface area contributed by atoms with E-state index in [0.29, 0.717) is 24.4 Å². The predicted octanol–water partition coefficient (Wildman–Crippen LogP) is 1.49. The van der Waals surface area contributed by atoms with Crippen LogP contribution in [0.2, 0.25) is 0 Å². The van der Waals surface area contributed by atoms with E-state index in [-0.39, 0.29) is 13.2 Å². The molecule has 0 spiro atoms. The van der Waals surface area contributed by atoms with Gasteiger partial charge in [0.25, 0.3) is 0 Å². The topological polar surface area (TPSA) is 100 Å². The molecule has 0 radical (unpaired) electrons. The van der Waals surface area contributed by atoms with Crippen LogP contribution in [0.5, 0.6) is 0 Å². The van der Waals surface area contributed by atoms with Crippen LogP contribution in [0.4, 0.5) is 0 Å². The zero-order valence-corrected chi connectivity index (χ0v) is 18.5. The summed E-state index contributed by atoms with van der Waals surface area (Å²) in [6.45, 7) is 16.8. The average Bonchev–Trinajstić information content (AvgIpc) is 2.65. The monoisotopic (exact) mass is 434 g/mol. The maximum atomic E-state index is 11.2. The highest BCUT2D eigenvalue weighted by Gasteiger charge is 2.09. The van der Waals surface area contributed by atoms with Gasteiger partial charge in [0.2, 0.25) is 0 Å². The van der Waals surface area contributed by atoms with Gasteiger partial charge in [-0.25, -0.2) is 4.79 Å². The minimum atomic E-state index is -0.729. The number of nitrogens with one attached hydrogen (secondary N) is 2. The third-order valence-corrected chi connectivity index (χ3v) is 5.66. The lowest BCUT2D eigenvalue weighted by molar-refractivity contribution is -0.141. The first kappa shape index (κ1) is 27.0. The molecule has 0 aliphatic rings. The maximum absolute atomic E-state index is 11.2. The fraction of sp³-hybridized carbons (Fsp3) is 0.632. The summed E-state index contributed by atoms with van der Waals surface area (Å²) >= 11 is 0. The molecule has 0 rings (SSSR count). The van der Waals surface area contributed by atoms with Crippen molar-refractivity contribution in [3.63, 3.8) is 0 Å². The van der Waals surface area contributed by atoms with Crippen molar-refractivity contribution in [2.24, 2.45) is 0 Å². The molecule has 0 aliphatic carbocycles. The second-order valence-corrected chi connectivity index (χ2v) is 8.96. The van der Waals surface area contributed by atoms with Crippen molar-refractivity contribution in [2.45, 2.75) is 26.1 Å². The second-order valence-electron chi connectivity index (χ2n) is 6.25. The molecule has 9 heteroatoms. The van der Waals surface area contributed by atoms with Crippen molar-refractivity contribution >= 4 is 27.6 Å². The van der Waals surface area contributed by atoms with E-state index in [1.165, 1.54) is 0 Å². The smallest absolute Gasteiger partial charge is 0.333 e. The van der Waals surface area contributed by atoms with Crippen LogP contribution in [0.3, 0.4) is 0 Å². The Hall–Kier alpha value is -0.970. The lowest BCUT2D eigenvalue weighted by Crippen LogP contribution is -2.32. The molecule has 0 saturated heterocycles. The van der Waals surface area contributed by atoms with Crippen molar-refractivity contribution in [1.29, 1.82) is 0 Å². The van der Waals surface area contributed by atoms with Crippen LogP contribution in [0.25, 0.3) is 0 Å². The molecule has 0 aromatic heterocycles. The van der Waals surface area contributed by atoms with Crippen molar-refractivity contribution in [2.75, 3.05) is 50.9 Å². The molecule has 0 heterocycles. The SMILES string of the molecule is C=C(C)C(=C)OCC(O)CNCCSSCCNCC(O)COC(=O)C(=C)C. The summed E-state index contributed by atoms with van der Waals surface area (Å²) in [6.07, 6.45) is -1.31. The van der Waals surface area contributed by atoms with Crippen LogP contribution in [0.15, 0.2) is 36.6 Å². The molecular formula is C19H34N2O5S2. The Morgan fingerprint density at radius 2 is 1.36 bits per heavy atom. The fourth-order valence-electron chi connectivity index (χ4n) is 1.62. The van der Waals surface area contributed by atoms with Gasteiger partial charge in [0.1, 0.15) is 31.2 Å². The minimum Gasteiger partial charge on any atom is -0.491 e. The summed E-state index contributed by atoms with van der Waals surface area (Å²) < 4.78 is 10.2. The zero-order valence-electron chi connectivity index (χ0n) is 16.9. The Balaban J connectivity index is 3.41. The molecule has 0 aliphatic heterocycles. The fourth-order valence-corrected chi connectivity index (χ4v) is 3.51. The highest BCUT2D eigenvalue weighted by molar-refractivity contribution is 8.76. The van der Waals surface area contributed by atoms with Crippen LogP contribution in [0, 0.1) is 0 Å². The molecule has 28 heavy (non-hydrogen) atoms. The summed E-state index contributed by atoms with van der Waals surface area (Å²) in [4.78, 5) is 11.2. The standard InChI is InChI=1S/C19H34N2O5S2/c1-14(2)16(5)25-12-17(22)10-20-6-8-27-28-9-7-21-11-18(23)13-26-19(24)15(3)4/h17-18,20-23H,1,3,5-13H2,2,4H3. The molecule has 2 unspecified atom stereocenters. The number of allylic oxidation sites excluding steroid dienone is 1. The molecule has 2 atom stereocenters. The second kappa shape index (κ2) is 16.9. The van der Waals surface area contributed by atoms with Crippen LogP contribution in [-0.4, -0.2) is 79.3 Å². The summed E-state index contributed by atoms with van der Waals surface area (Å²) in [5.74, 6) is 1.82. The van der Waals surface area contributed by atoms with E-state index in [1.54, 1.807) is 35.4 Å². The van der Waals surface area contributed by atoms with E-state index >= 15 is 0 Å². The Labute approximate surface area is 176 Å². The molecule has 162 valence electrons. The van der Waals surface area contributed by atoms with Crippen molar-refractivity contribution in [3.05, 3.63) is 36.6 Å². The third kappa shape index (κ3) is 16.0. The first-order chi connectivity index (χ1) is 13.2. The molecule has 0 fully saturated rings. The Bertz CT molecular complexity index is 459. The Kier molecular flexibility index (Phi) is 16.4. The number of esters is 1. The predicted molar refractivity (Wildman–Crippen MR) is 118 cm³/mol. The summed E-state index contributed by atoms with van der Waals surface area (Å²) in [5, 5.41) is 25.8. The number of aliphatic hydroxyl groups is 2. The largest absolute Gasteiger partial charge is 0.491 e. The highest BCUT2D eigenvalue weighted by Crippen LogP contribution is 2.19. The van der Waals surface area contributed by atoms with Crippen LogP contribution < -0.4 is 10.6 Å². The molecule has 0 saturated carbocycles. The average molecular weight is 435 g/mol. The number of hydrogen-bond donors (Lipinski definition) is 4. The number of carbonyl (C=O) groups excluding carboxylic acids is 1. The van der Waals surface area contributed by atoms with Crippen molar-refractivity contribution in [1.82, 2.24) is 10.6 Å². The summed E-state index contributed by atoms with van der Waals surface area (Å²) in [5.41, 5.74) is 1.07. The maximum Gasteiger partial charge on any atom is 0.333 e. The third-order valence-electron chi connectivity index (χ3n) is 3.25. The number of carbonyl (C=O) groups is 1. The first-order valence-electron chi connectivity index (χ1n) is 9.06. The van der Waals surface area contributed by atoms with Crippen LogP contribution >= 0.6 is 21.6 Å². The summed E-state index contributed by atoms with van der Waals surface area (Å²) in [6, 6.07) is 0. The van der Waals surface area contributed by atoms with E-state index < -0.39 is 18.2 Å². The lowest BCUT2D eigenvalue weighted by Gasteiger charge is -2.14.